The van der Waals surface area contributed by atoms with Gasteiger partial charge in [0, 0.05) is 6.04 Å². The molecule has 0 aromatic carbocycles. The summed E-state index contributed by atoms with van der Waals surface area (Å²) >= 11 is 0. The number of rotatable bonds is 2. The van der Waals surface area contributed by atoms with Crippen LogP contribution in [0.5, 0.6) is 0 Å². The van der Waals surface area contributed by atoms with Crippen molar-refractivity contribution in [2.75, 3.05) is 0 Å². The fraction of sp³-hybridized carbons (Fsp3) is 0.818. The van der Waals surface area contributed by atoms with Crippen LogP contribution < -0.4 is 11.2 Å². The summed E-state index contributed by atoms with van der Waals surface area (Å²) in [6, 6.07) is 0.253. The van der Waals surface area contributed by atoms with Gasteiger partial charge in [0.25, 0.3) is 0 Å². The Morgan fingerprint density at radius 3 is 2.94 bits per heavy atom. The van der Waals surface area contributed by atoms with Gasteiger partial charge in [-0.3, -0.25) is 0 Å². The summed E-state index contributed by atoms with van der Waals surface area (Å²) in [6.45, 7) is 2.04. The molecule has 0 aromatic heterocycles. The van der Waals surface area contributed by atoms with Crippen molar-refractivity contribution in [1.29, 1.82) is 0 Å². The summed E-state index contributed by atoms with van der Waals surface area (Å²) in [5.41, 5.74) is 7.63. The predicted octanol–water partition coefficient (Wildman–Crippen LogP) is 1.38. The number of nitrogens with zero attached hydrogens (tertiary/aromatic N) is 1. The third-order valence-corrected chi connectivity index (χ3v) is 3.41. The molecule has 2 rings (SSSR count). The number of hydrazone groups is 1. The van der Waals surface area contributed by atoms with E-state index in [0.717, 1.165) is 32.1 Å². The Balaban J connectivity index is 1.91. The lowest BCUT2D eigenvalue weighted by atomic mass is 9.77. The van der Waals surface area contributed by atoms with Crippen LogP contribution in [0.3, 0.4) is 0 Å². The quantitative estimate of drug-likeness (QED) is 0.745. The molecular weight excluding hydrogens is 206 g/mol. The van der Waals surface area contributed by atoms with E-state index in [0.29, 0.717) is 5.92 Å². The molecule has 1 saturated carbocycles. The molecule has 0 bridgehead atoms. The molecule has 1 aliphatic heterocycles. The van der Waals surface area contributed by atoms with E-state index in [4.69, 9.17) is 10.5 Å². The number of nitrogens with one attached hydrogen (secondary N) is 1. The highest BCUT2D eigenvalue weighted by atomic mass is 16.6. The van der Waals surface area contributed by atoms with Crippen LogP contribution in [-0.4, -0.2) is 24.0 Å². The maximum absolute atomic E-state index is 11.1. The summed E-state index contributed by atoms with van der Waals surface area (Å²) in [7, 11) is 0. The van der Waals surface area contributed by atoms with E-state index in [9.17, 15) is 4.79 Å². The number of hydrogen-bond donors (Lipinski definition) is 2. The zero-order valence-corrected chi connectivity index (χ0v) is 9.61. The topological polar surface area (TPSA) is 76.7 Å². The monoisotopic (exact) mass is 225 g/mol. The SMILES string of the molecule is C[C@H](N)CC1CCC2(C=NNC(=O)O2)CC1. The van der Waals surface area contributed by atoms with Crippen molar-refractivity contribution in [3.63, 3.8) is 0 Å². The van der Waals surface area contributed by atoms with E-state index in [-0.39, 0.29) is 6.04 Å². The first-order valence-corrected chi connectivity index (χ1v) is 5.88. The van der Waals surface area contributed by atoms with Crippen LogP contribution in [0.15, 0.2) is 5.10 Å². The Labute approximate surface area is 95.4 Å². The van der Waals surface area contributed by atoms with Gasteiger partial charge in [-0.25, -0.2) is 10.2 Å². The van der Waals surface area contributed by atoms with Crippen molar-refractivity contribution >= 4 is 12.3 Å². The van der Waals surface area contributed by atoms with Gasteiger partial charge >= 0.3 is 6.09 Å². The fourth-order valence-corrected chi connectivity index (χ4v) is 2.60. The molecule has 1 atom stereocenters. The van der Waals surface area contributed by atoms with Crippen molar-refractivity contribution < 1.29 is 9.53 Å². The van der Waals surface area contributed by atoms with Crippen LogP contribution >= 0.6 is 0 Å². The third kappa shape index (κ3) is 2.52. The molecule has 1 aliphatic carbocycles. The highest BCUT2D eigenvalue weighted by Gasteiger charge is 2.39. The van der Waals surface area contributed by atoms with Crippen LogP contribution in [0.1, 0.15) is 39.0 Å². The van der Waals surface area contributed by atoms with E-state index in [1.807, 2.05) is 6.92 Å². The highest BCUT2D eigenvalue weighted by Crippen LogP contribution is 2.36. The Hall–Kier alpha value is -1.10. The molecule has 5 nitrogen and oxygen atoms in total. The minimum Gasteiger partial charge on any atom is -0.436 e. The molecule has 0 saturated heterocycles. The Morgan fingerprint density at radius 2 is 2.38 bits per heavy atom. The van der Waals surface area contributed by atoms with Gasteiger partial charge in [0.15, 0.2) is 5.60 Å². The van der Waals surface area contributed by atoms with Gasteiger partial charge < -0.3 is 10.5 Å². The lowest BCUT2D eigenvalue weighted by Crippen LogP contribution is -2.46. The molecule has 16 heavy (non-hydrogen) atoms. The minimum atomic E-state index is -0.448. The first-order valence-electron chi connectivity index (χ1n) is 5.88. The summed E-state index contributed by atoms with van der Waals surface area (Å²) in [4.78, 5) is 11.1. The number of ether oxygens (including phenoxy) is 1. The normalized spacial score (nSPS) is 35.6. The lowest BCUT2D eigenvalue weighted by Gasteiger charge is -2.38. The molecular formula is C11H19N3O2. The average Bonchev–Trinajstić information content (AvgIpc) is 2.21. The van der Waals surface area contributed by atoms with Crippen LogP contribution in [0.25, 0.3) is 0 Å². The molecule has 1 heterocycles. The summed E-state index contributed by atoms with van der Waals surface area (Å²) in [5, 5.41) is 3.85. The second kappa shape index (κ2) is 4.41. The maximum atomic E-state index is 11.1. The number of nitrogens with two attached hydrogens (primary N) is 1. The van der Waals surface area contributed by atoms with E-state index < -0.39 is 11.7 Å². The smallest absolute Gasteiger partial charge is 0.428 e. The highest BCUT2D eigenvalue weighted by molar-refractivity contribution is 5.80. The summed E-state index contributed by atoms with van der Waals surface area (Å²) in [6.07, 6.45) is 6.19. The van der Waals surface area contributed by atoms with E-state index in [1.165, 1.54) is 0 Å². The van der Waals surface area contributed by atoms with Gasteiger partial charge in [-0.1, -0.05) is 0 Å². The van der Waals surface area contributed by atoms with Gasteiger partial charge in [-0.2, -0.15) is 5.10 Å². The zero-order chi connectivity index (χ0) is 11.6. The number of amides is 1. The predicted molar refractivity (Wildman–Crippen MR) is 61.1 cm³/mol. The number of hydrogen-bond acceptors (Lipinski definition) is 4. The van der Waals surface area contributed by atoms with Crippen LogP contribution in [0.4, 0.5) is 4.79 Å². The molecule has 0 aromatic rings. The summed E-state index contributed by atoms with van der Waals surface area (Å²) < 4.78 is 5.34. The molecule has 1 amide bonds. The fourth-order valence-electron chi connectivity index (χ4n) is 2.60. The van der Waals surface area contributed by atoms with Crippen molar-refractivity contribution in [2.24, 2.45) is 16.8 Å². The molecule has 90 valence electrons. The van der Waals surface area contributed by atoms with Crippen molar-refractivity contribution in [1.82, 2.24) is 5.43 Å². The van der Waals surface area contributed by atoms with Crippen LogP contribution in [0.2, 0.25) is 0 Å². The molecule has 0 radical (unpaired) electrons. The van der Waals surface area contributed by atoms with Gasteiger partial charge in [0.2, 0.25) is 0 Å². The molecule has 1 fully saturated rings. The first-order chi connectivity index (χ1) is 7.60. The second-order valence-corrected chi connectivity index (χ2v) is 4.98. The Bertz CT molecular complexity index is 294. The van der Waals surface area contributed by atoms with Gasteiger partial charge in [0.1, 0.15) is 0 Å². The van der Waals surface area contributed by atoms with Gasteiger partial charge in [-0.15, -0.1) is 0 Å². The second-order valence-electron chi connectivity index (χ2n) is 4.98. The molecule has 2 aliphatic rings. The number of carbonyl (C=O) groups is 1. The van der Waals surface area contributed by atoms with E-state index >= 15 is 0 Å². The van der Waals surface area contributed by atoms with Crippen molar-refractivity contribution in [3.05, 3.63) is 0 Å². The van der Waals surface area contributed by atoms with Gasteiger partial charge in [-0.05, 0) is 44.9 Å². The van der Waals surface area contributed by atoms with Crippen LogP contribution in [-0.2, 0) is 4.74 Å². The largest absolute Gasteiger partial charge is 0.436 e. The average molecular weight is 225 g/mol. The van der Waals surface area contributed by atoms with E-state index in [2.05, 4.69) is 10.5 Å². The molecule has 1 spiro atoms. The molecule has 3 N–H and O–H groups in total. The Morgan fingerprint density at radius 1 is 1.69 bits per heavy atom. The number of carbonyl (C=O) groups excluding carboxylic acids is 1. The van der Waals surface area contributed by atoms with Crippen LogP contribution in [0, 0.1) is 5.92 Å². The molecule has 5 heteroatoms. The standard InChI is InChI=1S/C11H19N3O2/c1-8(12)6-9-2-4-11(5-3-9)7-13-14-10(15)16-11/h7-9H,2-6,12H2,1H3,(H,14,15)/t8-,9?,11?/m0/s1. The first kappa shape index (κ1) is 11.4. The molecule has 0 unspecified atom stereocenters. The summed E-state index contributed by atoms with van der Waals surface area (Å²) in [5.74, 6) is 0.660. The van der Waals surface area contributed by atoms with E-state index in [1.54, 1.807) is 6.21 Å². The minimum absolute atomic E-state index is 0.253. The van der Waals surface area contributed by atoms with Gasteiger partial charge in [0.05, 0.1) is 6.21 Å². The maximum Gasteiger partial charge on any atom is 0.428 e. The van der Waals surface area contributed by atoms with Crippen molar-refractivity contribution in [3.8, 4) is 0 Å². The van der Waals surface area contributed by atoms with Crippen molar-refractivity contribution in [2.45, 2.75) is 50.7 Å². The zero-order valence-electron chi connectivity index (χ0n) is 9.61. The Kier molecular flexibility index (Phi) is 3.14. The lowest BCUT2D eigenvalue weighted by molar-refractivity contribution is 0.0194. The third-order valence-electron chi connectivity index (χ3n) is 3.41.